The largest absolute Gasteiger partial charge is 0.499 e. The van der Waals surface area contributed by atoms with Gasteiger partial charge in [-0.25, -0.2) is 0 Å². The van der Waals surface area contributed by atoms with Crippen LogP contribution >= 0.6 is 0 Å². The third kappa shape index (κ3) is 43.1. The molecule has 0 aliphatic heterocycles. The van der Waals surface area contributed by atoms with Crippen molar-refractivity contribution in [3.8, 4) is 0 Å². The molecule has 0 rings (SSSR count). The van der Waals surface area contributed by atoms with Gasteiger partial charge in [0, 0.05) is 6.61 Å². The standard InChI is InChI=1S/C34H68O11/c1-3-5-6-7-8-9-10-11-12-13-14-36-17-18-38-21-22-40-25-26-42-29-30-44-33-34-45-32-31-43-28-27-41-24-23-39-20-19-37-16-15-35-4-2/h4H,2-3,5-34H2,1H3. The van der Waals surface area contributed by atoms with Gasteiger partial charge in [0.15, 0.2) is 0 Å². The molecule has 0 saturated carbocycles. The minimum Gasteiger partial charge on any atom is -0.499 e. The Kier molecular flexibility index (Phi) is 42.3. The Hall–Kier alpha value is -0.860. The Labute approximate surface area is 274 Å². The van der Waals surface area contributed by atoms with Crippen LogP contribution in [0, 0.1) is 0 Å². The summed E-state index contributed by atoms with van der Waals surface area (Å²) in [7, 11) is 0. The van der Waals surface area contributed by atoms with Crippen LogP contribution < -0.4 is 0 Å². The van der Waals surface area contributed by atoms with Crippen LogP contribution in [0.3, 0.4) is 0 Å². The Balaban J connectivity index is 3.03. The molecule has 0 aromatic rings. The van der Waals surface area contributed by atoms with Crippen molar-refractivity contribution in [2.24, 2.45) is 0 Å². The second-order valence-electron chi connectivity index (χ2n) is 10.3. The number of ether oxygens (including phenoxy) is 11. The van der Waals surface area contributed by atoms with E-state index >= 15 is 0 Å². The first-order valence-corrected chi connectivity index (χ1v) is 17.4. The summed E-state index contributed by atoms with van der Waals surface area (Å²) in [5, 5.41) is 0. The quantitative estimate of drug-likeness (QED) is 0.0640. The van der Waals surface area contributed by atoms with Crippen molar-refractivity contribution in [1.29, 1.82) is 0 Å². The zero-order valence-electron chi connectivity index (χ0n) is 28.7. The molecule has 0 spiro atoms. The van der Waals surface area contributed by atoms with Gasteiger partial charge in [-0.1, -0.05) is 71.3 Å². The minimum atomic E-state index is 0.506. The third-order valence-corrected chi connectivity index (χ3v) is 6.45. The van der Waals surface area contributed by atoms with Crippen molar-refractivity contribution in [3.05, 3.63) is 12.8 Å². The first-order chi connectivity index (χ1) is 22.4. The Morgan fingerprint density at radius 3 is 0.778 bits per heavy atom. The molecule has 11 heteroatoms. The third-order valence-electron chi connectivity index (χ3n) is 6.45. The summed E-state index contributed by atoms with van der Waals surface area (Å²) in [6.07, 6.45) is 14.8. The molecule has 270 valence electrons. The Morgan fingerprint density at radius 2 is 0.511 bits per heavy atom. The maximum Gasteiger partial charge on any atom is 0.111 e. The van der Waals surface area contributed by atoms with Gasteiger partial charge in [0.25, 0.3) is 0 Å². The van der Waals surface area contributed by atoms with Gasteiger partial charge in [0.2, 0.25) is 0 Å². The topological polar surface area (TPSA) is 102 Å². The molecule has 11 nitrogen and oxygen atoms in total. The van der Waals surface area contributed by atoms with Crippen LogP contribution in [-0.2, 0) is 52.1 Å². The van der Waals surface area contributed by atoms with Crippen molar-refractivity contribution in [1.82, 2.24) is 0 Å². The molecular formula is C34H68O11. The van der Waals surface area contributed by atoms with E-state index in [9.17, 15) is 0 Å². The molecule has 0 aliphatic rings. The van der Waals surface area contributed by atoms with Crippen molar-refractivity contribution >= 4 is 0 Å². The highest BCUT2D eigenvalue weighted by molar-refractivity contribution is 4.48. The van der Waals surface area contributed by atoms with E-state index in [1.807, 2.05) is 0 Å². The maximum atomic E-state index is 5.64. The Morgan fingerprint density at radius 1 is 0.289 bits per heavy atom. The summed E-state index contributed by atoms with van der Waals surface area (Å²) < 4.78 is 59.8. The van der Waals surface area contributed by atoms with Gasteiger partial charge in [0.05, 0.1) is 132 Å². The molecule has 0 aromatic carbocycles. The first kappa shape index (κ1) is 44.1. The average molecular weight is 653 g/mol. The van der Waals surface area contributed by atoms with Gasteiger partial charge in [-0.05, 0) is 6.42 Å². The smallest absolute Gasteiger partial charge is 0.111 e. The van der Waals surface area contributed by atoms with E-state index in [2.05, 4.69) is 13.5 Å². The first-order valence-electron chi connectivity index (χ1n) is 17.4. The van der Waals surface area contributed by atoms with Gasteiger partial charge >= 0.3 is 0 Å². The van der Waals surface area contributed by atoms with Crippen LogP contribution in [0.2, 0.25) is 0 Å². The molecular weight excluding hydrogens is 584 g/mol. The van der Waals surface area contributed by atoms with Crippen molar-refractivity contribution in [2.45, 2.75) is 71.1 Å². The fourth-order valence-corrected chi connectivity index (χ4v) is 3.96. The summed E-state index contributed by atoms with van der Waals surface area (Å²) in [4.78, 5) is 0. The zero-order chi connectivity index (χ0) is 32.4. The Bertz CT molecular complexity index is 528. The molecule has 0 N–H and O–H groups in total. The van der Waals surface area contributed by atoms with Crippen LogP contribution in [0.1, 0.15) is 71.1 Å². The molecule has 0 radical (unpaired) electrons. The molecule has 45 heavy (non-hydrogen) atoms. The van der Waals surface area contributed by atoms with Gasteiger partial charge in [-0.2, -0.15) is 0 Å². The highest BCUT2D eigenvalue weighted by Gasteiger charge is 1.97. The predicted octanol–water partition coefficient (Wildman–Crippen LogP) is 5.23. The summed E-state index contributed by atoms with van der Waals surface area (Å²) in [5.41, 5.74) is 0. The highest BCUT2D eigenvalue weighted by Crippen LogP contribution is 2.10. The van der Waals surface area contributed by atoms with Gasteiger partial charge in [-0.3, -0.25) is 0 Å². The molecule has 0 atom stereocenters. The predicted molar refractivity (Wildman–Crippen MR) is 176 cm³/mol. The molecule has 0 saturated heterocycles. The van der Waals surface area contributed by atoms with E-state index in [1.54, 1.807) is 0 Å². The average Bonchev–Trinajstić information content (AvgIpc) is 3.05. The monoisotopic (exact) mass is 652 g/mol. The van der Waals surface area contributed by atoms with E-state index < -0.39 is 0 Å². The van der Waals surface area contributed by atoms with Crippen molar-refractivity contribution < 1.29 is 52.1 Å². The zero-order valence-corrected chi connectivity index (χ0v) is 28.7. The lowest BCUT2D eigenvalue weighted by Gasteiger charge is -2.09. The fourth-order valence-electron chi connectivity index (χ4n) is 3.96. The van der Waals surface area contributed by atoms with Crippen LogP contribution in [0.25, 0.3) is 0 Å². The van der Waals surface area contributed by atoms with Crippen molar-refractivity contribution in [3.63, 3.8) is 0 Å². The molecule has 0 fully saturated rings. The van der Waals surface area contributed by atoms with Crippen LogP contribution in [0.5, 0.6) is 0 Å². The van der Waals surface area contributed by atoms with E-state index in [0.29, 0.717) is 132 Å². The number of rotatable bonds is 42. The lowest BCUT2D eigenvalue weighted by atomic mass is 10.1. The molecule has 0 aliphatic carbocycles. The van der Waals surface area contributed by atoms with Gasteiger partial charge < -0.3 is 52.1 Å². The lowest BCUT2D eigenvalue weighted by molar-refractivity contribution is -0.0269. The second kappa shape index (κ2) is 43.1. The maximum absolute atomic E-state index is 5.64. The highest BCUT2D eigenvalue weighted by atomic mass is 16.6. The normalized spacial score (nSPS) is 11.4. The molecule has 0 bridgehead atoms. The van der Waals surface area contributed by atoms with Crippen molar-refractivity contribution in [2.75, 3.05) is 139 Å². The van der Waals surface area contributed by atoms with E-state index in [0.717, 1.165) is 13.0 Å². The van der Waals surface area contributed by atoms with E-state index in [4.69, 9.17) is 52.1 Å². The summed E-state index contributed by atoms with van der Waals surface area (Å²) in [6, 6.07) is 0. The van der Waals surface area contributed by atoms with E-state index in [1.165, 1.54) is 64.0 Å². The van der Waals surface area contributed by atoms with Crippen LogP contribution in [0.4, 0.5) is 0 Å². The fraction of sp³-hybridized carbons (Fsp3) is 0.941. The molecule has 0 unspecified atom stereocenters. The summed E-state index contributed by atoms with van der Waals surface area (Å²) in [5.74, 6) is 0. The van der Waals surface area contributed by atoms with Crippen LogP contribution in [-0.4, -0.2) is 139 Å². The minimum absolute atomic E-state index is 0.506. The van der Waals surface area contributed by atoms with Gasteiger partial charge in [-0.15, -0.1) is 0 Å². The number of unbranched alkanes of at least 4 members (excludes halogenated alkanes) is 9. The van der Waals surface area contributed by atoms with Gasteiger partial charge in [0.1, 0.15) is 6.61 Å². The lowest BCUT2D eigenvalue weighted by Crippen LogP contribution is -2.15. The summed E-state index contributed by atoms with van der Waals surface area (Å²) >= 11 is 0. The number of hydrogen-bond donors (Lipinski definition) is 0. The SMILES string of the molecule is C=COCCOCCOCCOCCOCCOCCOCCOCCOCCOCCOCCCCCCCCCCCC. The molecule has 0 amide bonds. The summed E-state index contributed by atoms with van der Waals surface area (Å²) in [6.45, 7) is 17.4. The second-order valence-corrected chi connectivity index (χ2v) is 10.3. The number of hydrogen-bond acceptors (Lipinski definition) is 11. The van der Waals surface area contributed by atoms with E-state index in [-0.39, 0.29) is 0 Å². The molecule has 0 aromatic heterocycles. The molecule has 0 heterocycles. The van der Waals surface area contributed by atoms with Crippen LogP contribution in [0.15, 0.2) is 12.8 Å².